The molecular formula is C12H12N4O3. The highest BCUT2D eigenvalue weighted by atomic mass is 16.4. The fraction of sp³-hybridized carbons (Fsp3) is 0.167. The number of amides is 1. The minimum Gasteiger partial charge on any atom is -0.481 e. The summed E-state index contributed by atoms with van der Waals surface area (Å²) in [5, 5.41) is 17.7. The number of nitrogens with one attached hydrogen (secondary N) is 2. The van der Waals surface area contributed by atoms with Gasteiger partial charge in [0.1, 0.15) is 0 Å². The second-order valence-corrected chi connectivity index (χ2v) is 3.97. The lowest BCUT2D eigenvalue weighted by molar-refractivity contribution is -0.136. The van der Waals surface area contributed by atoms with Crippen molar-refractivity contribution >= 4 is 17.6 Å². The molecule has 2 aromatic heterocycles. The zero-order valence-corrected chi connectivity index (χ0v) is 10.2. The van der Waals surface area contributed by atoms with Gasteiger partial charge in [0.15, 0.2) is 0 Å². The van der Waals surface area contributed by atoms with Crippen LogP contribution in [0.4, 0.5) is 5.69 Å². The van der Waals surface area contributed by atoms with Gasteiger partial charge in [-0.1, -0.05) is 0 Å². The summed E-state index contributed by atoms with van der Waals surface area (Å²) in [6.07, 6.45) is 2.72. The van der Waals surface area contributed by atoms with Crippen LogP contribution >= 0.6 is 0 Å². The van der Waals surface area contributed by atoms with Crippen LogP contribution in [0.15, 0.2) is 24.5 Å². The van der Waals surface area contributed by atoms with Crippen molar-refractivity contribution in [2.75, 3.05) is 5.32 Å². The summed E-state index contributed by atoms with van der Waals surface area (Å²) >= 11 is 0. The van der Waals surface area contributed by atoms with E-state index in [-0.39, 0.29) is 12.3 Å². The quantitative estimate of drug-likeness (QED) is 0.759. The zero-order valence-electron chi connectivity index (χ0n) is 10.2. The first-order valence-corrected chi connectivity index (χ1v) is 5.54. The Morgan fingerprint density at radius 3 is 2.68 bits per heavy atom. The number of aromatic amines is 1. The van der Waals surface area contributed by atoms with Crippen molar-refractivity contribution in [3.05, 3.63) is 41.5 Å². The second kappa shape index (κ2) is 5.30. The number of carbonyl (C=O) groups is 2. The predicted octanol–water partition coefficient (Wildman–Crippen LogP) is 0.993. The molecule has 0 aliphatic carbocycles. The first kappa shape index (κ1) is 12.7. The minimum absolute atomic E-state index is 0.144. The van der Waals surface area contributed by atoms with Crippen LogP contribution in [0.1, 0.15) is 21.7 Å². The number of carbonyl (C=O) groups excluding carboxylic acids is 1. The van der Waals surface area contributed by atoms with E-state index in [4.69, 9.17) is 5.11 Å². The third-order valence-electron chi connectivity index (χ3n) is 2.49. The number of aromatic nitrogens is 3. The third kappa shape index (κ3) is 3.15. The number of anilines is 1. The number of hydrogen-bond acceptors (Lipinski definition) is 4. The van der Waals surface area contributed by atoms with Gasteiger partial charge < -0.3 is 10.4 Å². The molecule has 7 nitrogen and oxygen atoms in total. The third-order valence-corrected chi connectivity index (χ3v) is 2.49. The number of hydrogen-bond donors (Lipinski definition) is 3. The van der Waals surface area contributed by atoms with Crippen molar-refractivity contribution in [3.63, 3.8) is 0 Å². The Kier molecular flexibility index (Phi) is 3.56. The van der Waals surface area contributed by atoms with Gasteiger partial charge in [-0.15, -0.1) is 0 Å². The molecule has 0 saturated carbocycles. The van der Waals surface area contributed by atoms with Gasteiger partial charge in [0.25, 0.3) is 5.91 Å². The molecule has 98 valence electrons. The molecule has 1 amide bonds. The van der Waals surface area contributed by atoms with Gasteiger partial charge in [0, 0.05) is 5.69 Å². The van der Waals surface area contributed by atoms with Crippen LogP contribution in [0.5, 0.6) is 0 Å². The molecule has 0 aromatic carbocycles. The number of pyridine rings is 1. The van der Waals surface area contributed by atoms with Crippen LogP contribution < -0.4 is 5.32 Å². The SMILES string of the molecule is Cc1[nH]ncc1C(=O)Nc1ccc(CC(=O)O)nc1. The van der Waals surface area contributed by atoms with Gasteiger partial charge in [0.2, 0.25) is 0 Å². The number of carboxylic acid groups (broad SMARTS) is 1. The van der Waals surface area contributed by atoms with E-state index < -0.39 is 5.97 Å². The molecular weight excluding hydrogens is 248 g/mol. The molecule has 0 bridgehead atoms. The van der Waals surface area contributed by atoms with Crippen molar-refractivity contribution in [3.8, 4) is 0 Å². The smallest absolute Gasteiger partial charge is 0.309 e. The van der Waals surface area contributed by atoms with Gasteiger partial charge >= 0.3 is 5.97 Å². The highest BCUT2D eigenvalue weighted by molar-refractivity contribution is 6.04. The number of rotatable bonds is 4. The van der Waals surface area contributed by atoms with E-state index in [1.165, 1.54) is 12.4 Å². The normalized spacial score (nSPS) is 10.2. The first-order chi connectivity index (χ1) is 9.06. The van der Waals surface area contributed by atoms with Crippen molar-refractivity contribution in [1.82, 2.24) is 15.2 Å². The van der Waals surface area contributed by atoms with E-state index in [0.29, 0.717) is 22.6 Å². The second-order valence-electron chi connectivity index (χ2n) is 3.97. The molecule has 7 heteroatoms. The first-order valence-electron chi connectivity index (χ1n) is 5.54. The summed E-state index contributed by atoms with van der Waals surface area (Å²) in [4.78, 5) is 26.3. The molecule has 0 radical (unpaired) electrons. The Hall–Kier alpha value is -2.70. The molecule has 0 spiro atoms. The average molecular weight is 260 g/mol. The topological polar surface area (TPSA) is 108 Å². The van der Waals surface area contributed by atoms with E-state index in [1.807, 2.05) is 0 Å². The highest BCUT2D eigenvalue weighted by Gasteiger charge is 2.11. The molecule has 0 atom stereocenters. The molecule has 3 N–H and O–H groups in total. The van der Waals surface area contributed by atoms with Crippen LogP contribution in [-0.2, 0) is 11.2 Å². The summed E-state index contributed by atoms with van der Waals surface area (Å²) in [7, 11) is 0. The summed E-state index contributed by atoms with van der Waals surface area (Å²) < 4.78 is 0. The van der Waals surface area contributed by atoms with Crippen molar-refractivity contribution in [2.45, 2.75) is 13.3 Å². The molecule has 0 aliphatic rings. The summed E-state index contributed by atoms with van der Waals surface area (Å²) in [5.41, 5.74) is 2.06. The minimum atomic E-state index is -0.946. The van der Waals surface area contributed by atoms with Gasteiger partial charge in [-0.05, 0) is 19.1 Å². The van der Waals surface area contributed by atoms with Gasteiger partial charge in [-0.25, -0.2) is 0 Å². The molecule has 0 fully saturated rings. The Bertz CT molecular complexity index is 604. The summed E-state index contributed by atoms with van der Waals surface area (Å²) in [6, 6.07) is 3.17. The molecule has 2 rings (SSSR count). The fourth-order valence-corrected chi connectivity index (χ4v) is 1.54. The Morgan fingerprint density at radius 1 is 1.37 bits per heavy atom. The summed E-state index contributed by atoms with van der Waals surface area (Å²) in [5.74, 6) is -1.24. The van der Waals surface area contributed by atoms with Gasteiger partial charge in [-0.3, -0.25) is 19.7 Å². The molecule has 0 unspecified atom stereocenters. The molecule has 2 aromatic rings. The van der Waals surface area contributed by atoms with Crippen molar-refractivity contribution < 1.29 is 14.7 Å². The van der Waals surface area contributed by atoms with Crippen LogP contribution in [0.2, 0.25) is 0 Å². The lowest BCUT2D eigenvalue weighted by Gasteiger charge is -2.04. The number of carboxylic acids is 1. The van der Waals surface area contributed by atoms with Crippen LogP contribution in [-0.4, -0.2) is 32.2 Å². The Morgan fingerprint density at radius 2 is 2.16 bits per heavy atom. The standard InChI is InChI=1S/C12H12N4O3/c1-7-10(6-14-16-7)12(19)15-9-3-2-8(13-5-9)4-11(17)18/h2-3,5-6H,4H2,1H3,(H,14,16)(H,15,19)(H,17,18). The van der Waals surface area contributed by atoms with Crippen LogP contribution in [0, 0.1) is 6.92 Å². The number of aliphatic carboxylic acids is 1. The largest absolute Gasteiger partial charge is 0.481 e. The Balaban J connectivity index is 2.06. The van der Waals surface area contributed by atoms with Crippen LogP contribution in [0.25, 0.3) is 0 Å². The van der Waals surface area contributed by atoms with Crippen LogP contribution in [0.3, 0.4) is 0 Å². The van der Waals surface area contributed by atoms with E-state index >= 15 is 0 Å². The van der Waals surface area contributed by atoms with Gasteiger partial charge in [-0.2, -0.15) is 5.10 Å². The maximum absolute atomic E-state index is 11.9. The van der Waals surface area contributed by atoms with Crippen molar-refractivity contribution in [2.24, 2.45) is 0 Å². The predicted molar refractivity (Wildman–Crippen MR) is 66.9 cm³/mol. The van der Waals surface area contributed by atoms with E-state index in [9.17, 15) is 9.59 Å². The fourth-order valence-electron chi connectivity index (χ4n) is 1.54. The number of H-pyrrole nitrogens is 1. The maximum atomic E-state index is 11.9. The lowest BCUT2D eigenvalue weighted by atomic mass is 10.2. The van der Waals surface area contributed by atoms with E-state index in [0.717, 1.165) is 0 Å². The lowest BCUT2D eigenvalue weighted by Crippen LogP contribution is -2.12. The van der Waals surface area contributed by atoms with Crippen molar-refractivity contribution in [1.29, 1.82) is 0 Å². The van der Waals surface area contributed by atoms with Gasteiger partial charge in [0.05, 0.1) is 35.8 Å². The number of nitrogens with zero attached hydrogens (tertiary/aromatic N) is 2. The van der Waals surface area contributed by atoms with E-state index in [1.54, 1.807) is 19.1 Å². The monoisotopic (exact) mass is 260 g/mol. The zero-order chi connectivity index (χ0) is 13.8. The maximum Gasteiger partial charge on any atom is 0.309 e. The molecule has 19 heavy (non-hydrogen) atoms. The molecule has 0 saturated heterocycles. The average Bonchev–Trinajstić information content (AvgIpc) is 2.77. The molecule has 0 aliphatic heterocycles. The van der Waals surface area contributed by atoms with E-state index in [2.05, 4.69) is 20.5 Å². The summed E-state index contributed by atoms with van der Waals surface area (Å²) in [6.45, 7) is 1.75. The molecule has 2 heterocycles. The highest BCUT2D eigenvalue weighted by Crippen LogP contribution is 2.10. The number of aryl methyl sites for hydroxylation is 1. The Labute approximate surface area is 108 Å².